The lowest BCUT2D eigenvalue weighted by Gasteiger charge is -2.10. The molecule has 0 atom stereocenters. The molecule has 29 heavy (non-hydrogen) atoms. The molecule has 0 saturated carbocycles. The smallest absolute Gasteiger partial charge is 0.434 e. The van der Waals surface area contributed by atoms with E-state index in [4.69, 9.17) is 9.47 Å². The highest BCUT2D eigenvalue weighted by atomic mass is 16.7. The van der Waals surface area contributed by atoms with Crippen LogP contribution in [0.3, 0.4) is 0 Å². The summed E-state index contributed by atoms with van der Waals surface area (Å²) >= 11 is 0. The molecular weight excluding hydrogens is 372 g/mol. The van der Waals surface area contributed by atoms with Crippen molar-refractivity contribution in [1.29, 1.82) is 0 Å². The summed E-state index contributed by atoms with van der Waals surface area (Å²) in [4.78, 5) is 35.5. The molecule has 2 aromatic carbocycles. The number of benzene rings is 2. The molecule has 0 aliphatic rings. The molecule has 0 aliphatic heterocycles. The second-order valence-corrected chi connectivity index (χ2v) is 6.84. The third kappa shape index (κ3) is 7.65. The second kappa shape index (κ2) is 10.8. The predicted molar refractivity (Wildman–Crippen MR) is 110 cm³/mol. The lowest BCUT2D eigenvalue weighted by molar-refractivity contribution is -0.121. The number of anilines is 1. The van der Waals surface area contributed by atoms with Gasteiger partial charge in [-0.25, -0.2) is 4.79 Å². The highest BCUT2D eigenvalue weighted by molar-refractivity contribution is 6.04. The number of rotatable bonds is 8. The molecule has 0 heterocycles. The lowest BCUT2D eigenvalue weighted by Crippen LogP contribution is -2.24. The maximum absolute atomic E-state index is 12.4. The van der Waals surface area contributed by atoms with Gasteiger partial charge in [0.1, 0.15) is 5.75 Å². The summed E-state index contributed by atoms with van der Waals surface area (Å²) in [5, 5.41) is 5.68. The van der Waals surface area contributed by atoms with Crippen LogP contribution in [-0.4, -0.2) is 24.6 Å². The van der Waals surface area contributed by atoms with Crippen molar-refractivity contribution in [2.45, 2.75) is 33.7 Å². The molecule has 0 radical (unpaired) electrons. The minimum Gasteiger partial charge on any atom is -0.434 e. The number of carbonyl (C=O) groups excluding carboxylic acids is 3. The highest BCUT2D eigenvalue weighted by Crippen LogP contribution is 2.16. The fourth-order valence-corrected chi connectivity index (χ4v) is 2.52. The van der Waals surface area contributed by atoms with Gasteiger partial charge < -0.3 is 20.1 Å². The molecule has 7 heteroatoms. The van der Waals surface area contributed by atoms with Crippen LogP contribution in [0.5, 0.6) is 5.75 Å². The van der Waals surface area contributed by atoms with Gasteiger partial charge in [-0.3, -0.25) is 9.59 Å². The van der Waals surface area contributed by atoms with Crippen molar-refractivity contribution in [3.8, 4) is 5.75 Å². The van der Waals surface area contributed by atoms with Crippen LogP contribution in [0.4, 0.5) is 10.5 Å². The molecule has 0 aliphatic carbocycles. The summed E-state index contributed by atoms with van der Waals surface area (Å²) in [7, 11) is 0. The summed E-state index contributed by atoms with van der Waals surface area (Å²) in [6.45, 7) is 6.29. The number of hydrogen-bond acceptors (Lipinski definition) is 5. The number of hydrogen-bond donors (Lipinski definition) is 2. The summed E-state index contributed by atoms with van der Waals surface area (Å²) in [6.07, 6.45) is -0.311. The van der Waals surface area contributed by atoms with E-state index in [0.717, 1.165) is 5.56 Å². The monoisotopic (exact) mass is 398 g/mol. The van der Waals surface area contributed by atoms with Crippen LogP contribution < -0.4 is 15.4 Å². The van der Waals surface area contributed by atoms with Crippen LogP contribution in [0.25, 0.3) is 0 Å². The fourth-order valence-electron chi connectivity index (χ4n) is 2.52. The molecule has 154 valence electrons. The molecule has 0 unspecified atom stereocenters. The minimum absolute atomic E-state index is 0.000402. The maximum Gasteiger partial charge on any atom is 0.513 e. The second-order valence-electron chi connectivity index (χ2n) is 6.84. The molecule has 2 N–H and O–H groups in total. The number of nitrogens with one attached hydrogen (secondary N) is 2. The molecule has 0 spiro atoms. The molecule has 2 aromatic rings. The van der Waals surface area contributed by atoms with E-state index in [2.05, 4.69) is 10.6 Å². The standard InChI is InChI=1S/C22H26N2O5/c1-4-28-22(27)29-19-10-8-17(9-11-19)21(26)24-18-7-5-6-16(13-18)14-23-20(25)12-15(2)3/h5-11,13,15H,4,12,14H2,1-3H3,(H,23,25)(H,24,26). The Labute approximate surface area is 170 Å². The minimum atomic E-state index is -0.790. The van der Waals surface area contributed by atoms with Gasteiger partial charge in [0.25, 0.3) is 5.91 Å². The maximum atomic E-state index is 12.4. The third-order valence-corrected chi connectivity index (χ3v) is 3.85. The van der Waals surface area contributed by atoms with Crippen molar-refractivity contribution >= 4 is 23.7 Å². The van der Waals surface area contributed by atoms with E-state index >= 15 is 0 Å². The van der Waals surface area contributed by atoms with Crippen LogP contribution in [0.15, 0.2) is 48.5 Å². The van der Waals surface area contributed by atoms with Crippen LogP contribution in [-0.2, 0) is 16.1 Å². The van der Waals surface area contributed by atoms with Gasteiger partial charge in [-0.2, -0.15) is 0 Å². The number of carbonyl (C=O) groups is 3. The van der Waals surface area contributed by atoms with Gasteiger partial charge in [0.05, 0.1) is 6.61 Å². The van der Waals surface area contributed by atoms with Crippen LogP contribution in [0.2, 0.25) is 0 Å². The van der Waals surface area contributed by atoms with Gasteiger partial charge in [-0.05, 0) is 54.8 Å². The van der Waals surface area contributed by atoms with E-state index in [1.165, 1.54) is 12.1 Å². The van der Waals surface area contributed by atoms with Gasteiger partial charge >= 0.3 is 6.16 Å². The first kappa shape index (κ1) is 21.9. The van der Waals surface area contributed by atoms with Crippen molar-refractivity contribution in [3.05, 3.63) is 59.7 Å². The summed E-state index contributed by atoms with van der Waals surface area (Å²) in [6, 6.07) is 13.4. The Morgan fingerprint density at radius 3 is 2.41 bits per heavy atom. The molecule has 0 fully saturated rings. The Bertz CT molecular complexity index is 847. The first-order valence-corrected chi connectivity index (χ1v) is 9.49. The summed E-state index contributed by atoms with van der Waals surface area (Å²) in [5.74, 6) is 0.294. The molecule has 2 amide bonds. The first-order chi connectivity index (χ1) is 13.9. The lowest BCUT2D eigenvalue weighted by atomic mass is 10.1. The van der Waals surface area contributed by atoms with Crippen molar-refractivity contribution in [2.24, 2.45) is 5.92 Å². The van der Waals surface area contributed by atoms with E-state index in [1.54, 1.807) is 25.1 Å². The van der Waals surface area contributed by atoms with Gasteiger partial charge in [-0.15, -0.1) is 0 Å². The normalized spacial score (nSPS) is 10.3. The zero-order chi connectivity index (χ0) is 21.2. The number of amides is 2. The van der Waals surface area contributed by atoms with E-state index in [0.29, 0.717) is 35.9 Å². The van der Waals surface area contributed by atoms with Crippen molar-refractivity contribution in [1.82, 2.24) is 5.32 Å². The zero-order valence-corrected chi connectivity index (χ0v) is 16.9. The highest BCUT2D eigenvalue weighted by Gasteiger charge is 2.10. The van der Waals surface area contributed by atoms with E-state index < -0.39 is 6.16 Å². The van der Waals surface area contributed by atoms with Crippen molar-refractivity contribution in [3.63, 3.8) is 0 Å². The number of ether oxygens (including phenoxy) is 2. The van der Waals surface area contributed by atoms with Gasteiger partial charge in [0.2, 0.25) is 5.91 Å². The Morgan fingerprint density at radius 1 is 1.03 bits per heavy atom. The third-order valence-electron chi connectivity index (χ3n) is 3.85. The SMILES string of the molecule is CCOC(=O)Oc1ccc(C(=O)Nc2cccc(CNC(=O)CC(C)C)c2)cc1. The van der Waals surface area contributed by atoms with E-state index in [-0.39, 0.29) is 18.4 Å². The molecule has 0 bridgehead atoms. The largest absolute Gasteiger partial charge is 0.513 e. The quantitative estimate of drug-likeness (QED) is 0.515. The average Bonchev–Trinajstić information content (AvgIpc) is 2.67. The van der Waals surface area contributed by atoms with Gasteiger partial charge in [0, 0.05) is 24.2 Å². The predicted octanol–water partition coefficient (Wildman–Crippen LogP) is 4.14. The van der Waals surface area contributed by atoms with Crippen LogP contribution in [0, 0.1) is 5.92 Å². The van der Waals surface area contributed by atoms with Crippen molar-refractivity contribution in [2.75, 3.05) is 11.9 Å². The zero-order valence-electron chi connectivity index (χ0n) is 16.9. The summed E-state index contributed by atoms with van der Waals surface area (Å²) in [5.41, 5.74) is 1.92. The molecule has 0 aromatic heterocycles. The van der Waals surface area contributed by atoms with E-state index in [1.807, 2.05) is 32.0 Å². The Balaban J connectivity index is 1.93. The Morgan fingerprint density at radius 2 is 1.76 bits per heavy atom. The summed E-state index contributed by atoms with van der Waals surface area (Å²) < 4.78 is 9.67. The van der Waals surface area contributed by atoms with Crippen molar-refractivity contribution < 1.29 is 23.9 Å². The van der Waals surface area contributed by atoms with Crippen LogP contribution in [0.1, 0.15) is 43.1 Å². The Hall–Kier alpha value is -3.35. The molecular formula is C22H26N2O5. The molecule has 7 nitrogen and oxygen atoms in total. The van der Waals surface area contributed by atoms with Crippen LogP contribution >= 0.6 is 0 Å². The average molecular weight is 398 g/mol. The molecule has 2 rings (SSSR count). The first-order valence-electron chi connectivity index (χ1n) is 9.49. The fraction of sp³-hybridized carbons (Fsp3) is 0.318. The van der Waals surface area contributed by atoms with E-state index in [9.17, 15) is 14.4 Å². The topological polar surface area (TPSA) is 93.7 Å². The van der Waals surface area contributed by atoms with Gasteiger partial charge in [0.15, 0.2) is 0 Å². The molecule has 0 saturated heterocycles. The van der Waals surface area contributed by atoms with Gasteiger partial charge in [-0.1, -0.05) is 26.0 Å². The Kier molecular flexibility index (Phi) is 8.21.